The van der Waals surface area contributed by atoms with E-state index in [0.29, 0.717) is 6.42 Å². The number of rotatable bonds is 3. The van der Waals surface area contributed by atoms with E-state index in [-0.39, 0.29) is 24.5 Å². The monoisotopic (exact) mass is 299 g/mol. The van der Waals surface area contributed by atoms with Crippen LogP contribution in [0.1, 0.15) is 19.3 Å². The van der Waals surface area contributed by atoms with Gasteiger partial charge in [-0.05, 0) is 25.3 Å². The summed E-state index contributed by atoms with van der Waals surface area (Å²) in [6, 6.07) is 7.68. The lowest BCUT2D eigenvalue weighted by Gasteiger charge is -2.23. The zero-order valence-electron chi connectivity index (χ0n) is 12.1. The highest BCUT2D eigenvalue weighted by Crippen LogP contribution is 2.41. The third-order valence-corrected chi connectivity index (χ3v) is 4.90. The molecule has 0 radical (unpaired) electrons. The van der Waals surface area contributed by atoms with Gasteiger partial charge >= 0.3 is 5.97 Å². The highest BCUT2D eigenvalue weighted by atomic mass is 16.4. The summed E-state index contributed by atoms with van der Waals surface area (Å²) in [7, 11) is 0. The zero-order valence-corrected chi connectivity index (χ0v) is 12.1. The van der Waals surface area contributed by atoms with Gasteiger partial charge < -0.3 is 10.0 Å². The minimum Gasteiger partial charge on any atom is -0.481 e. The number of carboxylic acids is 1. The predicted molar refractivity (Wildman–Crippen MR) is 79.1 cm³/mol. The van der Waals surface area contributed by atoms with Crippen LogP contribution in [0.4, 0.5) is 0 Å². The summed E-state index contributed by atoms with van der Waals surface area (Å²) in [5.41, 5.74) is 0.864. The van der Waals surface area contributed by atoms with E-state index < -0.39 is 11.9 Å². The van der Waals surface area contributed by atoms with Gasteiger partial charge in [0, 0.05) is 23.7 Å². The molecular weight excluding hydrogens is 282 g/mol. The van der Waals surface area contributed by atoms with E-state index in [1.54, 1.807) is 9.58 Å². The van der Waals surface area contributed by atoms with Crippen molar-refractivity contribution >= 4 is 22.8 Å². The molecule has 1 amide bonds. The van der Waals surface area contributed by atoms with Gasteiger partial charge in [0.05, 0.1) is 11.4 Å². The summed E-state index contributed by atoms with van der Waals surface area (Å²) in [4.78, 5) is 25.7. The molecule has 2 aliphatic rings. The number of carbonyl (C=O) groups is 2. The lowest BCUT2D eigenvalue weighted by Crippen LogP contribution is -2.39. The number of amides is 1. The Labute approximate surface area is 127 Å². The van der Waals surface area contributed by atoms with Gasteiger partial charge in [0.25, 0.3) is 0 Å². The molecule has 114 valence electrons. The van der Waals surface area contributed by atoms with Crippen molar-refractivity contribution < 1.29 is 14.7 Å². The van der Waals surface area contributed by atoms with Gasteiger partial charge in [-0.25, -0.2) is 0 Å². The fourth-order valence-corrected chi connectivity index (χ4v) is 3.96. The van der Waals surface area contributed by atoms with Crippen LogP contribution < -0.4 is 0 Å². The Morgan fingerprint density at radius 3 is 2.82 bits per heavy atom. The third-order valence-electron chi connectivity index (χ3n) is 4.90. The molecule has 2 saturated heterocycles. The number of benzene rings is 1. The lowest BCUT2D eigenvalue weighted by molar-refractivity contribution is -0.143. The quantitative estimate of drug-likeness (QED) is 0.932. The average molecular weight is 299 g/mol. The molecule has 22 heavy (non-hydrogen) atoms. The fourth-order valence-electron chi connectivity index (χ4n) is 3.96. The van der Waals surface area contributed by atoms with Crippen molar-refractivity contribution in [3.8, 4) is 0 Å². The smallest absolute Gasteiger partial charge is 0.308 e. The van der Waals surface area contributed by atoms with Gasteiger partial charge in [-0.1, -0.05) is 18.2 Å². The second-order valence-corrected chi connectivity index (χ2v) is 6.17. The second-order valence-electron chi connectivity index (χ2n) is 6.17. The topological polar surface area (TPSA) is 75.4 Å². The van der Waals surface area contributed by atoms with Crippen LogP contribution in [0.5, 0.6) is 0 Å². The molecule has 2 fully saturated rings. The maximum absolute atomic E-state index is 12.6. The number of hydrogen-bond acceptors (Lipinski definition) is 3. The van der Waals surface area contributed by atoms with Crippen molar-refractivity contribution in [3.05, 3.63) is 30.5 Å². The van der Waals surface area contributed by atoms with Crippen LogP contribution >= 0.6 is 0 Å². The summed E-state index contributed by atoms with van der Waals surface area (Å²) in [5, 5.41) is 14.7. The molecule has 0 aliphatic carbocycles. The summed E-state index contributed by atoms with van der Waals surface area (Å²) < 4.78 is 1.65. The van der Waals surface area contributed by atoms with Crippen LogP contribution in [0.3, 0.4) is 0 Å². The van der Waals surface area contributed by atoms with Crippen LogP contribution in [0, 0.1) is 5.92 Å². The van der Waals surface area contributed by atoms with Gasteiger partial charge in [0.2, 0.25) is 5.91 Å². The Morgan fingerprint density at radius 2 is 2.09 bits per heavy atom. The van der Waals surface area contributed by atoms with E-state index in [2.05, 4.69) is 5.10 Å². The van der Waals surface area contributed by atoms with Gasteiger partial charge in [-0.2, -0.15) is 5.10 Å². The third kappa shape index (κ3) is 1.98. The van der Waals surface area contributed by atoms with Gasteiger partial charge in [0.15, 0.2) is 0 Å². The molecule has 1 N–H and O–H groups in total. The van der Waals surface area contributed by atoms with Crippen molar-refractivity contribution in [2.24, 2.45) is 5.92 Å². The molecule has 3 unspecified atom stereocenters. The molecular formula is C16H17N3O3. The molecule has 2 aliphatic heterocycles. The molecule has 4 rings (SSSR count). The van der Waals surface area contributed by atoms with Crippen LogP contribution in [-0.4, -0.2) is 43.7 Å². The number of aromatic nitrogens is 2. The first-order valence-electron chi connectivity index (χ1n) is 7.59. The molecule has 2 bridgehead atoms. The largest absolute Gasteiger partial charge is 0.481 e. The van der Waals surface area contributed by atoms with Gasteiger partial charge in [-0.15, -0.1) is 0 Å². The summed E-state index contributed by atoms with van der Waals surface area (Å²) in [6.07, 6.45) is 4.17. The molecule has 3 atom stereocenters. The van der Waals surface area contributed by atoms with Crippen LogP contribution in [0.2, 0.25) is 0 Å². The van der Waals surface area contributed by atoms with Crippen molar-refractivity contribution in [3.63, 3.8) is 0 Å². The Balaban J connectivity index is 1.54. The maximum Gasteiger partial charge on any atom is 0.308 e. The molecule has 1 aromatic heterocycles. The number of carboxylic acid groups (broad SMARTS) is 1. The Bertz CT molecular complexity index is 721. The number of fused-ring (bicyclic) bond motifs is 3. The Morgan fingerprint density at radius 1 is 1.27 bits per heavy atom. The van der Waals surface area contributed by atoms with E-state index in [9.17, 15) is 14.7 Å². The van der Waals surface area contributed by atoms with E-state index in [1.807, 2.05) is 30.5 Å². The van der Waals surface area contributed by atoms with E-state index >= 15 is 0 Å². The number of carbonyl (C=O) groups excluding carboxylic acids is 1. The van der Waals surface area contributed by atoms with Gasteiger partial charge in [-0.3, -0.25) is 14.3 Å². The molecule has 0 spiro atoms. The number of nitrogens with zero attached hydrogens (tertiary/aromatic N) is 3. The van der Waals surface area contributed by atoms with Crippen LogP contribution in [0.15, 0.2) is 30.5 Å². The Hall–Kier alpha value is -2.37. The lowest BCUT2D eigenvalue weighted by atomic mass is 9.89. The molecule has 3 heterocycles. The van der Waals surface area contributed by atoms with E-state index in [1.165, 1.54) is 0 Å². The van der Waals surface area contributed by atoms with Crippen molar-refractivity contribution in [2.75, 3.05) is 0 Å². The Kier molecular flexibility index (Phi) is 2.92. The first kappa shape index (κ1) is 13.3. The number of hydrogen-bond donors (Lipinski definition) is 1. The summed E-state index contributed by atoms with van der Waals surface area (Å²) in [5.74, 6) is -1.21. The SMILES string of the molecule is O=C(O)C1CC2CCC1N2C(=O)Cn1cc2ccccc2n1. The van der Waals surface area contributed by atoms with Crippen LogP contribution in [0.25, 0.3) is 10.9 Å². The van der Waals surface area contributed by atoms with Crippen molar-refractivity contribution in [1.82, 2.24) is 14.7 Å². The van der Waals surface area contributed by atoms with Crippen molar-refractivity contribution in [2.45, 2.75) is 37.9 Å². The zero-order chi connectivity index (χ0) is 15.3. The maximum atomic E-state index is 12.6. The number of aliphatic carboxylic acids is 1. The standard InChI is InChI=1S/C16H17N3O3/c20-15(9-18-8-10-3-1-2-4-13(10)17-18)19-11-5-6-14(19)12(7-11)16(21)22/h1-4,8,11-12,14H,5-7,9H2,(H,21,22). The van der Waals surface area contributed by atoms with Crippen LogP contribution in [-0.2, 0) is 16.1 Å². The van der Waals surface area contributed by atoms with Gasteiger partial charge in [0.1, 0.15) is 6.54 Å². The molecule has 2 aromatic rings. The predicted octanol–water partition coefficient (Wildman–Crippen LogP) is 1.50. The second kappa shape index (κ2) is 4.83. The summed E-state index contributed by atoms with van der Waals surface area (Å²) >= 11 is 0. The molecule has 6 nitrogen and oxygen atoms in total. The molecule has 6 heteroatoms. The highest BCUT2D eigenvalue weighted by Gasteiger charge is 2.51. The minimum atomic E-state index is -0.783. The normalized spacial score (nSPS) is 26.7. The first-order valence-corrected chi connectivity index (χ1v) is 7.59. The average Bonchev–Trinajstić information content (AvgIpc) is 3.18. The fraction of sp³-hybridized carbons (Fsp3) is 0.438. The summed E-state index contributed by atoms with van der Waals surface area (Å²) in [6.45, 7) is 0.175. The first-order chi connectivity index (χ1) is 10.6. The van der Waals surface area contributed by atoms with E-state index in [4.69, 9.17) is 0 Å². The van der Waals surface area contributed by atoms with Crippen molar-refractivity contribution in [1.29, 1.82) is 0 Å². The minimum absolute atomic E-state index is 0.0240. The molecule has 1 aromatic carbocycles. The molecule has 0 saturated carbocycles. The van der Waals surface area contributed by atoms with E-state index in [0.717, 1.165) is 23.7 Å². The highest BCUT2D eigenvalue weighted by molar-refractivity contribution is 5.82.